The monoisotopic (exact) mass is 385 g/mol. The van der Waals surface area contributed by atoms with E-state index in [1.54, 1.807) is 13.2 Å². The summed E-state index contributed by atoms with van der Waals surface area (Å²) in [7, 11) is 5.72. The van der Waals surface area contributed by atoms with Crippen molar-refractivity contribution >= 4 is 22.6 Å². The summed E-state index contributed by atoms with van der Waals surface area (Å²) in [5.74, 6) is 0.300. The van der Waals surface area contributed by atoms with Crippen LogP contribution in [0, 0.1) is 5.92 Å². The summed E-state index contributed by atoms with van der Waals surface area (Å²) in [6, 6.07) is 0.261. The van der Waals surface area contributed by atoms with Crippen LogP contribution in [0.1, 0.15) is 54.4 Å². The molecular weight excluding hydrogens is 354 g/mol. The van der Waals surface area contributed by atoms with E-state index in [0.717, 1.165) is 67.4 Å². The van der Waals surface area contributed by atoms with Gasteiger partial charge < -0.3 is 25.6 Å². The lowest BCUT2D eigenvalue weighted by Crippen LogP contribution is -2.47. The first kappa shape index (κ1) is 19.2. The molecule has 2 aliphatic carbocycles. The Morgan fingerprint density at radius 1 is 1.39 bits per heavy atom. The summed E-state index contributed by atoms with van der Waals surface area (Å²) >= 11 is 0. The summed E-state index contributed by atoms with van der Waals surface area (Å²) < 4.78 is 0. The van der Waals surface area contributed by atoms with E-state index in [0.29, 0.717) is 11.5 Å². The van der Waals surface area contributed by atoms with E-state index in [4.69, 9.17) is 0 Å². The molecule has 2 aromatic rings. The number of nitrogens with zero attached hydrogens (tertiary/aromatic N) is 2. The maximum Gasteiger partial charge on any atom is 0.254 e. The second-order valence-corrected chi connectivity index (χ2v) is 8.77. The molecular formula is C21H31N5O2. The largest absolute Gasteiger partial charge is 0.390 e. The average molecular weight is 386 g/mol. The number of carbonyl (C=O) groups excluding carboxylic acids is 1. The molecule has 0 radical (unpaired) electrons. The van der Waals surface area contributed by atoms with Crippen LogP contribution in [-0.2, 0) is 6.54 Å². The average Bonchev–Trinajstić information content (AvgIpc) is 3.06. The van der Waals surface area contributed by atoms with Gasteiger partial charge in [0.05, 0.1) is 16.9 Å². The van der Waals surface area contributed by atoms with Crippen molar-refractivity contribution in [2.75, 3.05) is 26.5 Å². The van der Waals surface area contributed by atoms with Gasteiger partial charge in [0.2, 0.25) is 0 Å². The molecule has 4 rings (SSSR count). The van der Waals surface area contributed by atoms with Crippen LogP contribution >= 0.6 is 0 Å². The molecule has 2 saturated carbocycles. The Balaban J connectivity index is 1.75. The van der Waals surface area contributed by atoms with Crippen LogP contribution in [-0.4, -0.2) is 58.7 Å². The van der Waals surface area contributed by atoms with Crippen molar-refractivity contribution in [3.05, 3.63) is 23.5 Å². The number of anilines is 1. The quantitative estimate of drug-likeness (QED) is 0.635. The third kappa shape index (κ3) is 3.49. The van der Waals surface area contributed by atoms with E-state index in [-0.39, 0.29) is 11.9 Å². The number of aromatic amines is 1. The highest BCUT2D eigenvalue weighted by Gasteiger charge is 2.42. The normalized spacial score (nSPS) is 27.2. The van der Waals surface area contributed by atoms with Crippen molar-refractivity contribution in [3.63, 3.8) is 0 Å². The zero-order valence-electron chi connectivity index (χ0n) is 17.0. The van der Waals surface area contributed by atoms with Crippen molar-refractivity contribution < 1.29 is 9.90 Å². The number of fused-ring (bicyclic) bond motifs is 3. The number of pyridine rings is 1. The molecule has 2 fully saturated rings. The molecule has 0 unspecified atom stereocenters. The molecule has 1 amide bonds. The van der Waals surface area contributed by atoms with Crippen molar-refractivity contribution in [1.29, 1.82) is 0 Å². The lowest BCUT2D eigenvalue weighted by Gasteiger charge is -2.46. The molecule has 0 saturated heterocycles. The maximum absolute atomic E-state index is 12.6. The maximum atomic E-state index is 12.6. The first-order valence-corrected chi connectivity index (χ1v) is 10.2. The molecule has 2 heterocycles. The third-order valence-corrected chi connectivity index (χ3v) is 6.42. The van der Waals surface area contributed by atoms with E-state index in [2.05, 4.69) is 25.5 Å². The fourth-order valence-corrected chi connectivity index (χ4v) is 5.07. The molecule has 0 aliphatic heterocycles. The zero-order valence-corrected chi connectivity index (χ0v) is 17.0. The molecule has 7 nitrogen and oxygen atoms in total. The number of H-pyrrole nitrogens is 1. The van der Waals surface area contributed by atoms with E-state index in [1.165, 1.54) is 0 Å². The summed E-state index contributed by atoms with van der Waals surface area (Å²) in [5.41, 5.74) is 2.87. The minimum absolute atomic E-state index is 0.134. The Morgan fingerprint density at radius 3 is 2.96 bits per heavy atom. The predicted octanol–water partition coefficient (Wildman–Crippen LogP) is 2.48. The van der Waals surface area contributed by atoms with Gasteiger partial charge in [-0.2, -0.15) is 0 Å². The fraction of sp³-hybridized carbons (Fsp3) is 0.619. The first-order valence-electron chi connectivity index (χ1n) is 10.2. The number of carbonyl (C=O) groups is 1. The topological polar surface area (TPSA) is 93.3 Å². The van der Waals surface area contributed by atoms with E-state index < -0.39 is 5.60 Å². The van der Waals surface area contributed by atoms with Gasteiger partial charge in [0, 0.05) is 37.4 Å². The Kier molecular flexibility index (Phi) is 5.05. The van der Waals surface area contributed by atoms with Crippen LogP contribution in [0.15, 0.2) is 12.4 Å². The molecule has 2 aliphatic rings. The van der Waals surface area contributed by atoms with Gasteiger partial charge in [-0.25, -0.2) is 4.98 Å². The molecule has 2 aromatic heterocycles. The van der Waals surface area contributed by atoms with Gasteiger partial charge in [0.15, 0.2) is 0 Å². The van der Waals surface area contributed by atoms with Crippen LogP contribution < -0.4 is 10.6 Å². The minimum atomic E-state index is -0.484. The summed E-state index contributed by atoms with van der Waals surface area (Å²) in [6.07, 6.45) is 9.35. The van der Waals surface area contributed by atoms with E-state index in [1.807, 2.05) is 20.3 Å². The third-order valence-electron chi connectivity index (χ3n) is 6.42. The van der Waals surface area contributed by atoms with Crippen molar-refractivity contribution in [2.24, 2.45) is 5.92 Å². The van der Waals surface area contributed by atoms with E-state index >= 15 is 0 Å². The Labute approximate surface area is 165 Å². The Morgan fingerprint density at radius 2 is 2.21 bits per heavy atom. The predicted molar refractivity (Wildman–Crippen MR) is 110 cm³/mol. The smallest absolute Gasteiger partial charge is 0.254 e. The van der Waals surface area contributed by atoms with E-state index in [9.17, 15) is 9.90 Å². The van der Waals surface area contributed by atoms with Crippen molar-refractivity contribution in [3.8, 4) is 0 Å². The summed E-state index contributed by atoms with van der Waals surface area (Å²) in [5, 5.41) is 18.2. The van der Waals surface area contributed by atoms with Crippen LogP contribution in [0.3, 0.4) is 0 Å². The number of aliphatic hydroxyl groups is 1. The summed E-state index contributed by atoms with van der Waals surface area (Å²) in [4.78, 5) is 22.4. The SMILES string of the molecule is CNC(=O)c1cnc2[nH]cc(CN(C)C)c2c1N[C@H]1CC[C@]2(O)CCC[C@H]1C2. The fourth-order valence-electron chi connectivity index (χ4n) is 5.07. The van der Waals surface area contributed by atoms with Gasteiger partial charge in [-0.05, 0) is 57.7 Å². The van der Waals surface area contributed by atoms with Gasteiger partial charge in [0.25, 0.3) is 5.91 Å². The molecule has 2 bridgehead atoms. The zero-order chi connectivity index (χ0) is 19.9. The van der Waals surface area contributed by atoms with Crippen LogP contribution in [0.4, 0.5) is 5.69 Å². The lowest BCUT2D eigenvalue weighted by atomic mass is 9.67. The van der Waals surface area contributed by atoms with Crippen LogP contribution in [0.2, 0.25) is 0 Å². The highest BCUT2D eigenvalue weighted by atomic mass is 16.3. The number of hydrogen-bond donors (Lipinski definition) is 4. The van der Waals surface area contributed by atoms with Gasteiger partial charge in [-0.3, -0.25) is 4.79 Å². The molecule has 152 valence electrons. The highest BCUT2D eigenvalue weighted by molar-refractivity contribution is 6.07. The van der Waals surface area contributed by atoms with Gasteiger partial charge in [-0.15, -0.1) is 0 Å². The van der Waals surface area contributed by atoms with Gasteiger partial charge >= 0.3 is 0 Å². The number of aromatic nitrogens is 2. The van der Waals surface area contributed by atoms with Crippen molar-refractivity contribution in [2.45, 2.75) is 56.7 Å². The van der Waals surface area contributed by atoms with Crippen molar-refractivity contribution in [1.82, 2.24) is 20.2 Å². The van der Waals surface area contributed by atoms with Gasteiger partial charge in [0.1, 0.15) is 5.65 Å². The molecule has 7 heteroatoms. The highest BCUT2D eigenvalue weighted by Crippen LogP contribution is 2.44. The number of rotatable bonds is 5. The van der Waals surface area contributed by atoms with Crippen LogP contribution in [0.5, 0.6) is 0 Å². The second kappa shape index (κ2) is 7.37. The first-order chi connectivity index (χ1) is 13.4. The number of nitrogens with one attached hydrogen (secondary N) is 3. The Bertz CT molecular complexity index is 877. The van der Waals surface area contributed by atoms with Gasteiger partial charge in [-0.1, -0.05) is 6.42 Å². The lowest BCUT2D eigenvalue weighted by molar-refractivity contribution is -0.0508. The minimum Gasteiger partial charge on any atom is -0.390 e. The molecule has 28 heavy (non-hydrogen) atoms. The van der Waals surface area contributed by atoms with Crippen LogP contribution in [0.25, 0.3) is 11.0 Å². The Hall–Kier alpha value is -2.12. The number of hydrogen-bond acceptors (Lipinski definition) is 5. The molecule has 0 aromatic carbocycles. The molecule has 3 atom stereocenters. The standard InChI is InChI=1S/C21H31N5O2/c1-22-20(27)15-11-24-19-17(14(10-23-19)12-26(2)3)18(15)25-16-6-8-21(28)7-4-5-13(16)9-21/h10-11,13,16,28H,4-9,12H2,1-3H3,(H,22,27)(H2,23,24,25)/t13-,16-,21+/m0/s1. The molecule has 4 N–H and O–H groups in total. The number of amides is 1. The molecule has 0 spiro atoms. The summed E-state index contributed by atoms with van der Waals surface area (Å²) in [6.45, 7) is 0.765. The second-order valence-electron chi connectivity index (χ2n) is 8.77.